The van der Waals surface area contributed by atoms with Crippen molar-refractivity contribution in [3.05, 3.63) is 18.3 Å². The number of pyridine rings is 1. The average Bonchev–Trinajstić information content (AvgIpc) is 2.83. The maximum atomic E-state index is 4.38. The molecule has 0 saturated carbocycles. The summed E-state index contributed by atoms with van der Waals surface area (Å²) in [5.41, 5.74) is 1.80. The van der Waals surface area contributed by atoms with Crippen molar-refractivity contribution in [2.45, 2.75) is 39.3 Å². The van der Waals surface area contributed by atoms with Gasteiger partial charge in [0, 0.05) is 18.8 Å². The Morgan fingerprint density at radius 1 is 1.32 bits per heavy atom. The molecule has 1 aliphatic heterocycles. The van der Waals surface area contributed by atoms with Crippen molar-refractivity contribution < 1.29 is 0 Å². The van der Waals surface area contributed by atoms with Crippen molar-refractivity contribution in [1.29, 1.82) is 0 Å². The van der Waals surface area contributed by atoms with Gasteiger partial charge in [0.25, 0.3) is 0 Å². The van der Waals surface area contributed by atoms with Crippen LogP contribution in [0, 0.1) is 5.92 Å². The molecule has 102 valence electrons. The molecule has 1 saturated heterocycles. The van der Waals surface area contributed by atoms with Gasteiger partial charge in [-0.15, -0.1) is 5.10 Å². The minimum absolute atomic E-state index is 0.662. The number of likely N-dealkylation sites (tertiary alicyclic amines) is 1. The molecule has 0 amide bonds. The normalized spacial score (nSPS) is 18.5. The summed E-state index contributed by atoms with van der Waals surface area (Å²) in [6.07, 6.45) is 4.29. The third-order valence-electron chi connectivity index (χ3n) is 4.08. The Morgan fingerprint density at radius 3 is 2.84 bits per heavy atom. The highest BCUT2D eigenvalue weighted by molar-refractivity contribution is 5.68. The number of hydrogen-bond donors (Lipinski definition) is 0. The van der Waals surface area contributed by atoms with Gasteiger partial charge in [0.05, 0.1) is 0 Å². The van der Waals surface area contributed by atoms with E-state index in [0.717, 1.165) is 17.7 Å². The number of piperidine rings is 1. The molecule has 0 spiro atoms. The summed E-state index contributed by atoms with van der Waals surface area (Å²) < 4.78 is 1.96. The summed E-state index contributed by atoms with van der Waals surface area (Å²) in [6.45, 7) is 7.88. The average molecular weight is 259 g/mol. The minimum atomic E-state index is 0.662. The van der Waals surface area contributed by atoms with Gasteiger partial charge in [0.1, 0.15) is 5.52 Å². The molecule has 0 radical (unpaired) electrons. The molecule has 0 bridgehead atoms. The zero-order valence-electron chi connectivity index (χ0n) is 11.7. The van der Waals surface area contributed by atoms with Crippen LogP contribution >= 0.6 is 0 Å². The maximum absolute atomic E-state index is 4.38. The van der Waals surface area contributed by atoms with Gasteiger partial charge < -0.3 is 4.90 Å². The van der Waals surface area contributed by atoms with Crippen LogP contribution in [0.3, 0.4) is 0 Å². The van der Waals surface area contributed by atoms with E-state index < -0.39 is 0 Å². The second-order valence-corrected chi connectivity index (χ2v) is 5.69. The number of aromatic nitrogens is 4. The predicted octanol–water partition coefficient (Wildman–Crippen LogP) is 1.95. The number of rotatable bonds is 3. The van der Waals surface area contributed by atoms with Crippen LogP contribution in [0.25, 0.3) is 11.2 Å². The Kier molecular flexibility index (Phi) is 3.46. The van der Waals surface area contributed by atoms with Gasteiger partial charge in [0.2, 0.25) is 0 Å². The van der Waals surface area contributed by atoms with E-state index in [1.807, 2.05) is 23.0 Å². The van der Waals surface area contributed by atoms with Crippen LogP contribution in [-0.2, 0) is 6.54 Å². The number of fused-ring (bicyclic) bond motifs is 1. The van der Waals surface area contributed by atoms with Crippen molar-refractivity contribution in [3.63, 3.8) is 0 Å². The SMILES string of the molecule is CC(C)N1CCC(Cn2nnc3cccnc32)CC1. The first-order valence-electron chi connectivity index (χ1n) is 7.12. The molecule has 0 unspecified atom stereocenters. The van der Waals surface area contributed by atoms with Crippen molar-refractivity contribution in [2.75, 3.05) is 13.1 Å². The van der Waals surface area contributed by atoms with E-state index in [4.69, 9.17) is 0 Å². The summed E-state index contributed by atoms with van der Waals surface area (Å²) in [5, 5.41) is 8.40. The van der Waals surface area contributed by atoms with Gasteiger partial charge in [-0.3, -0.25) is 0 Å². The Hall–Kier alpha value is -1.49. The van der Waals surface area contributed by atoms with Gasteiger partial charge in [-0.25, -0.2) is 9.67 Å². The van der Waals surface area contributed by atoms with E-state index in [-0.39, 0.29) is 0 Å². The fourth-order valence-electron chi connectivity index (χ4n) is 2.83. The lowest BCUT2D eigenvalue weighted by Gasteiger charge is -2.34. The van der Waals surface area contributed by atoms with Crippen LogP contribution in [0.2, 0.25) is 0 Å². The molecule has 0 aromatic carbocycles. The first-order valence-corrected chi connectivity index (χ1v) is 7.12. The van der Waals surface area contributed by atoms with Crippen molar-refractivity contribution >= 4 is 11.2 Å². The second kappa shape index (κ2) is 5.25. The number of hydrogen-bond acceptors (Lipinski definition) is 4. The van der Waals surface area contributed by atoms with Crippen LogP contribution < -0.4 is 0 Å². The van der Waals surface area contributed by atoms with E-state index >= 15 is 0 Å². The molecule has 1 fully saturated rings. The zero-order valence-corrected chi connectivity index (χ0v) is 11.7. The van der Waals surface area contributed by atoms with Gasteiger partial charge in [-0.05, 0) is 57.8 Å². The topological polar surface area (TPSA) is 46.8 Å². The first-order chi connectivity index (χ1) is 9.24. The molecule has 19 heavy (non-hydrogen) atoms. The summed E-state index contributed by atoms with van der Waals surface area (Å²) in [5.74, 6) is 0.696. The smallest absolute Gasteiger partial charge is 0.178 e. The highest BCUT2D eigenvalue weighted by atomic mass is 15.4. The molecule has 5 heteroatoms. The fraction of sp³-hybridized carbons (Fsp3) is 0.643. The fourth-order valence-corrected chi connectivity index (χ4v) is 2.83. The molecular weight excluding hydrogens is 238 g/mol. The lowest BCUT2D eigenvalue weighted by Crippen LogP contribution is -2.39. The quantitative estimate of drug-likeness (QED) is 0.845. The molecule has 3 rings (SSSR count). The molecule has 2 aromatic heterocycles. The summed E-state index contributed by atoms with van der Waals surface area (Å²) in [7, 11) is 0. The maximum Gasteiger partial charge on any atom is 0.178 e. The highest BCUT2D eigenvalue weighted by Gasteiger charge is 2.22. The van der Waals surface area contributed by atoms with E-state index in [2.05, 4.69) is 34.0 Å². The standard InChI is InChI=1S/C14H21N5/c1-11(2)18-8-5-12(6-9-18)10-19-14-13(16-17-19)4-3-7-15-14/h3-4,7,11-12H,5-6,8-10H2,1-2H3. The van der Waals surface area contributed by atoms with Crippen LogP contribution in [0.5, 0.6) is 0 Å². The zero-order chi connectivity index (χ0) is 13.2. The van der Waals surface area contributed by atoms with E-state index in [1.54, 1.807) is 0 Å². The lowest BCUT2D eigenvalue weighted by atomic mass is 9.96. The van der Waals surface area contributed by atoms with Gasteiger partial charge >= 0.3 is 0 Å². The molecule has 0 N–H and O–H groups in total. The second-order valence-electron chi connectivity index (χ2n) is 5.69. The molecule has 0 aliphatic carbocycles. The Labute approximate surface area is 113 Å². The molecule has 5 nitrogen and oxygen atoms in total. The predicted molar refractivity (Wildman–Crippen MR) is 74.8 cm³/mol. The van der Waals surface area contributed by atoms with Gasteiger partial charge in [-0.2, -0.15) is 0 Å². The van der Waals surface area contributed by atoms with E-state index in [9.17, 15) is 0 Å². The highest BCUT2D eigenvalue weighted by Crippen LogP contribution is 2.21. The van der Waals surface area contributed by atoms with Gasteiger partial charge in [-0.1, -0.05) is 5.21 Å². The Bertz CT molecular complexity index is 540. The van der Waals surface area contributed by atoms with Crippen LogP contribution in [0.4, 0.5) is 0 Å². The summed E-state index contributed by atoms with van der Waals surface area (Å²) in [4.78, 5) is 6.93. The Balaban J connectivity index is 1.66. The van der Waals surface area contributed by atoms with Crippen molar-refractivity contribution in [1.82, 2.24) is 24.9 Å². The minimum Gasteiger partial charge on any atom is -0.301 e. The number of nitrogens with zero attached hydrogens (tertiary/aromatic N) is 5. The monoisotopic (exact) mass is 259 g/mol. The molecule has 1 aliphatic rings. The largest absolute Gasteiger partial charge is 0.301 e. The Morgan fingerprint density at radius 2 is 2.11 bits per heavy atom. The molecule has 3 heterocycles. The third kappa shape index (κ3) is 2.61. The third-order valence-corrected chi connectivity index (χ3v) is 4.08. The van der Waals surface area contributed by atoms with Crippen molar-refractivity contribution in [3.8, 4) is 0 Å². The molecule has 2 aromatic rings. The van der Waals surface area contributed by atoms with Crippen LogP contribution in [-0.4, -0.2) is 44.0 Å². The lowest BCUT2D eigenvalue weighted by molar-refractivity contribution is 0.140. The molecular formula is C14H21N5. The first kappa shape index (κ1) is 12.5. The van der Waals surface area contributed by atoms with Crippen molar-refractivity contribution in [2.24, 2.45) is 5.92 Å². The van der Waals surface area contributed by atoms with Crippen LogP contribution in [0.15, 0.2) is 18.3 Å². The molecule has 0 atom stereocenters. The van der Waals surface area contributed by atoms with Crippen LogP contribution in [0.1, 0.15) is 26.7 Å². The van der Waals surface area contributed by atoms with E-state index in [1.165, 1.54) is 25.9 Å². The summed E-state index contributed by atoms with van der Waals surface area (Å²) >= 11 is 0. The van der Waals surface area contributed by atoms with E-state index in [0.29, 0.717) is 12.0 Å². The summed E-state index contributed by atoms with van der Waals surface area (Å²) in [6, 6.07) is 4.53. The van der Waals surface area contributed by atoms with Gasteiger partial charge in [0.15, 0.2) is 5.65 Å².